The topological polar surface area (TPSA) is 86.8 Å². The maximum atomic E-state index is 13.8. The van der Waals surface area contributed by atoms with Crippen molar-refractivity contribution in [3.8, 4) is 0 Å². The first-order valence-corrected chi connectivity index (χ1v) is 13.7. The summed E-state index contributed by atoms with van der Waals surface area (Å²) in [5.41, 5.74) is 1.70. The van der Waals surface area contributed by atoms with Crippen LogP contribution in [0.2, 0.25) is 0 Å². The van der Waals surface area contributed by atoms with Crippen LogP contribution in [-0.4, -0.2) is 44.3 Å². The smallest absolute Gasteiger partial charge is 0.264 e. The van der Waals surface area contributed by atoms with Crippen molar-refractivity contribution in [2.24, 2.45) is 0 Å². The van der Waals surface area contributed by atoms with Gasteiger partial charge in [0, 0.05) is 13.1 Å². The average Bonchev–Trinajstić information content (AvgIpc) is 2.89. The Balaban J connectivity index is 2.04. The molecule has 0 saturated carbocycles. The van der Waals surface area contributed by atoms with E-state index in [0.29, 0.717) is 12.1 Å². The molecular formula is C28H31F2N3O4S. The molecule has 10 heteroatoms. The van der Waals surface area contributed by atoms with Gasteiger partial charge in [0.25, 0.3) is 10.0 Å². The lowest BCUT2D eigenvalue weighted by Gasteiger charge is -2.33. The highest BCUT2D eigenvalue weighted by molar-refractivity contribution is 7.92. The first-order valence-electron chi connectivity index (χ1n) is 12.2. The summed E-state index contributed by atoms with van der Waals surface area (Å²) < 4.78 is 55.3. The van der Waals surface area contributed by atoms with Crippen molar-refractivity contribution in [2.45, 2.75) is 44.7 Å². The molecule has 0 fully saturated rings. The van der Waals surface area contributed by atoms with Gasteiger partial charge in [-0.2, -0.15) is 0 Å². The zero-order chi connectivity index (χ0) is 27.9. The number of aryl methyl sites for hydroxylation is 1. The monoisotopic (exact) mass is 543 g/mol. The van der Waals surface area contributed by atoms with Crippen molar-refractivity contribution in [2.75, 3.05) is 17.4 Å². The number of carbonyl (C=O) groups is 2. The number of anilines is 1. The molecule has 0 aliphatic heterocycles. The summed E-state index contributed by atoms with van der Waals surface area (Å²) in [5, 5.41) is 2.72. The number of halogens is 2. The Labute approximate surface area is 222 Å². The number of nitrogens with zero attached hydrogens (tertiary/aromatic N) is 2. The zero-order valence-corrected chi connectivity index (χ0v) is 22.3. The highest BCUT2D eigenvalue weighted by Crippen LogP contribution is 2.25. The average molecular weight is 544 g/mol. The van der Waals surface area contributed by atoms with Gasteiger partial charge >= 0.3 is 0 Å². The van der Waals surface area contributed by atoms with E-state index in [4.69, 9.17) is 0 Å². The SMILES string of the molecule is CCNC(=O)C(CC)N(Cc1ccc(F)cc1)C(=O)CN(c1ccc(C)cc1)S(=O)(=O)c1ccc(F)cc1. The molecule has 3 rings (SSSR count). The molecule has 202 valence electrons. The van der Waals surface area contributed by atoms with Gasteiger partial charge in [-0.15, -0.1) is 0 Å². The van der Waals surface area contributed by atoms with E-state index in [1.165, 1.54) is 29.2 Å². The number of likely N-dealkylation sites (N-methyl/N-ethyl adjacent to an activating group) is 1. The maximum Gasteiger partial charge on any atom is 0.264 e. The van der Waals surface area contributed by atoms with Crippen molar-refractivity contribution in [1.29, 1.82) is 0 Å². The van der Waals surface area contributed by atoms with E-state index in [1.54, 1.807) is 38.1 Å². The van der Waals surface area contributed by atoms with Crippen molar-refractivity contribution in [3.63, 3.8) is 0 Å². The highest BCUT2D eigenvalue weighted by Gasteiger charge is 2.33. The summed E-state index contributed by atoms with van der Waals surface area (Å²) in [5.74, 6) is -2.05. The fourth-order valence-corrected chi connectivity index (χ4v) is 5.39. The molecule has 0 aromatic heterocycles. The molecule has 0 heterocycles. The Morgan fingerprint density at radius 3 is 1.95 bits per heavy atom. The van der Waals surface area contributed by atoms with Gasteiger partial charge in [0.2, 0.25) is 11.8 Å². The second-order valence-corrected chi connectivity index (χ2v) is 10.6. The number of nitrogens with one attached hydrogen (secondary N) is 1. The van der Waals surface area contributed by atoms with Crippen LogP contribution in [0.5, 0.6) is 0 Å². The van der Waals surface area contributed by atoms with Crippen LogP contribution in [0.15, 0.2) is 77.7 Å². The molecule has 38 heavy (non-hydrogen) atoms. The third kappa shape index (κ3) is 6.95. The van der Waals surface area contributed by atoms with E-state index >= 15 is 0 Å². The molecule has 0 bridgehead atoms. The molecule has 1 N–H and O–H groups in total. The summed E-state index contributed by atoms with van der Waals surface area (Å²) in [6, 6.07) is 15.6. The van der Waals surface area contributed by atoms with Crippen LogP contribution in [0.3, 0.4) is 0 Å². The standard InChI is InChI=1S/C28H31F2N3O4S/c1-4-26(28(35)31-5-2)32(18-21-8-10-22(29)11-9-21)27(34)19-33(24-14-6-20(3)7-15-24)38(36,37)25-16-12-23(30)13-17-25/h6-17,26H,4-5,18-19H2,1-3H3,(H,31,35). The van der Waals surface area contributed by atoms with Crippen LogP contribution in [0.1, 0.15) is 31.4 Å². The minimum atomic E-state index is -4.28. The minimum Gasteiger partial charge on any atom is -0.355 e. The highest BCUT2D eigenvalue weighted by atomic mass is 32.2. The van der Waals surface area contributed by atoms with Crippen molar-refractivity contribution in [3.05, 3.63) is 95.6 Å². The molecule has 0 aliphatic rings. The Morgan fingerprint density at radius 1 is 0.868 bits per heavy atom. The molecule has 7 nitrogen and oxygen atoms in total. The predicted molar refractivity (Wildman–Crippen MR) is 142 cm³/mol. The van der Waals surface area contributed by atoms with Crippen LogP contribution in [-0.2, 0) is 26.2 Å². The number of sulfonamides is 1. The molecule has 3 aromatic rings. The largest absolute Gasteiger partial charge is 0.355 e. The molecule has 3 aromatic carbocycles. The summed E-state index contributed by atoms with van der Waals surface area (Å²) in [4.78, 5) is 27.8. The Kier molecular flexibility index (Phi) is 9.57. The Morgan fingerprint density at radius 2 is 1.42 bits per heavy atom. The molecule has 0 radical (unpaired) electrons. The Hall–Kier alpha value is -3.79. The fraction of sp³-hybridized carbons (Fsp3) is 0.286. The third-order valence-corrected chi connectivity index (χ3v) is 7.79. The van der Waals surface area contributed by atoms with Crippen LogP contribution in [0.4, 0.5) is 14.5 Å². The summed E-state index contributed by atoms with van der Waals surface area (Å²) >= 11 is 0. The van der Waals surface area contributed by atoms with E-state index in [1.807, 2.05) is 6.92 Å². The lowest BCUT2D eigenvalue weighted by atomic mass is 10.1. The number of rotatable bonds is 11. The van der Waals surface area contributed by atoms with E-state index in [2.05, 4.69) is 5.32 Å². The van der Waals surface area contributed by atoms with E-state index in [-0.39, 0.29) is 29.5 Å². The first kappa shape index (κ1) is 28.8. The number of amides is 2. The van der Waals surface area contributed by atoms with E-state index in [9.17, 15) is 26.8 Å². The summed E-state index contributed by atoms with van der Waals surface area (Å²) in [6.07, 6.45) is 0.272. The fourth-order valence-electron chi connectivity index (χ4n) is 3.97. The van der Waals surface area contributed by atoms with Crippen molar-refractivity contribution < 1.29 is 26.8 Å². The van der Waals surface area contributed by atoms with Crippen LogP contribution in [0.25, 0.3) is 0 Å². The van der Waals surface area contributed by atoms with E-state index in [0.717, 1.165) is 34.1 Å². The summed E-state index contributed by atoms with van der Waals surface area (Å²) in [6.45, 7) is 5.05. The lowest BCUT2D eigenvalue weighted by molar-refractivity contribution is -0.140. The maximum absolute atomic E-state index is 13.8. The van der Waals surface area contributed by atoms with Crippen LogP contribution in [0, 0.1) is 18.6 Å². The summed E-state index contributed by atoms with van der Waals surface area (Å²) in [7, 11) is -4.28. The third-order valence-electron chi connectivity index (χ3n) is 6.01. The molecule has 0 saturated heterocycles. The molecule has 2 amide bonds. The Bertz CT molecular complexity index is 1350. The van der Waals surface area contributed by atoms with Gasteiger partial charge in [-0.1, -0.05) is 36.8 Å². The van der Waals surface area contributed by atoms with Gasteiger partial charge in [0.1, 0.15) is 24.2 Å². The molecule has 0 aliphatic carbocycles. The number of carbonyl (C=O) groups excluding carboxylic acids is 2. The van der Waals surface area contributed by atoms with Gasteiger partial charge in [0.05, 0.1) is 10.6 Å². The quantitative estimate of drug-likeness (QED) is 0.388. The van der Waals surface area contributed by atoms with Gasteiger partial charge in [0.15, 0.2) is 0 Å². The minimum absolute atomic E-state index is 0.0346. The number of hydrogen-bond donors (Lipinski definition) is 1. The lowest BCUT2D eigenvalue weighted by Crippen LogP contribution is -2.52. The van der Waals surface area contributed by atoms with Crippen LogP contribution >= 0.6 is 0 Å². The second kappa shape index (κ2) is 12.6. The van der Waals surface area contributed by atoms with E-state index < -0.39 is 40.2 Å². The second-order valence-electron chi connectivity index (χ2n) is 8.77. The molecular weight excluding hydrogens is 512 g/mol. The molecule has 1 atom stereocenters. The zero-order valence-electron chi connectivity index (χ0n) is 21.5. The van der Waals surface area contributed by atoms with Crippen molar-refractivity contribution >= 4 is 27.5 Å². The molecule has 1 unspecified atom stereocenters. The predicted octanol–water partition coefficient (Wildman–Crippen LogP) is 4.41. The van der Waals surface area contributed by atoms with Gasteiger partial charge in [-0.05, 0) is 74.4 Å². The van der Waals surface area contributed by atoms with Gasteiger partial charge in [-0.3, -0.25) is 13.9 Å². The van der Waals surface area contributed by atoms with Gasteiger partial charge in [-0.25, -0.2) is 17.2 Å². The van der Waals surface area contributed by atoms with Crippen LogP contribution < -0.4 is 9.62 Å². The van der Waals surface area contributed by atoms with Crippen molar-refractivity contribution in [1.82, 2.24) is 10.2 Å². The molecule has 0 spiro atoms. The first-order chi connectivity index (χ1) is 18.1. The number of hydrogen-bond acceptors (Lipinski definition) is 4. The number of benzene rings is 3. The van der Waals surface area contributed by atoms with Gasteiger partial charge < -0.3 is 10.2 Å². The normalized spacial score (nSPS) is 12.0.